The molecule has 0 aliphatic heterocycles. The molecular weight excluding hydrogens is 372 g/mol. The van der Waals surface area contributed by atoms with Crippen molar-refractivity contribution in [2.45, 2.75) is 88.5 Å². The summed E-state index contributed by atoms with van der Waals surface area (Å²) >= 11 is 1.41. The van der Waals surface area contributed by atoms with Crippen LogP contribution in [0.3, 0.4) is 0 Å². The highest BCUT2D eigenvalue weighted by molar-refractivity contribution is 7.99. The van der Waals surface area contributed by atoms with Gasteiger partial charge in [-0.1, -0.05) is 51.3 Å². The lowest BCUT2D eigenvalue weighted by Gasteiger charge is -2.31. The zero-order chi connectivity index (χ0) is 20.6. The second-order valence-electron chi connectivity index (χ2n) is 7.83. The largest absolute Gasteiger partial charge is 0.337 e. The van der Waals surface area contributed by atoms with E-state index in [0.717, 1.165) is 68.9 Å². The Balaban J connectivity index is 2.07. The van der Waals surface area contributed by atoms with E-state index in [1.54, 1.807) is 0 Å². The van der Waals surface area contributed by atoms with Crippen molar-refractivity contribution in [2.24, 2.45) is 0 Å². The fourth-order valence-electron chi connectivity index (χ4n) is 3.81. The number of nitrogens with zero attached hydrogens (tertiary/aromatic N) is 5. The van der Waals surface area contributed by atoms with Crippen LogP contribution in [0.2, 0.25) is 0 Å². The first kappa shape index (κ1) is 22.7. The van der Waals surface area contributed by atoms with Gasteiger partial charge >= 0.3 is 0 Å². The molecule has 0 aromatic carbocycles. The fourth-order valence-corrected chi connectivity index (χ4v) is 4.58. The maximum Gasteiger partial charge on any atom is 0.231 e. The number of hydrogen-bond acceptors (Lipinski definition) is 6. The lowest BCUT2D eigenvalue weighted by Crippen LogP contribution is -2.49. The van der Waals surface area contributed by atoms with Gasteiger partial charge in [0.05, 0.1) is 17.9 Å². The molecule has 2 rings (SSSR count). The molecular formula is C20H34N6OS. The van der Waals surface area contributed by atoms with Gasteiger partial charge in [0.15, 0.2) is 11.0 Å². The summed E-state index contributed by atoms with van der Waals surface area (Å²) in [5.41, 5.74) is -0.685. The highest BCUT2D eigenvalue weighted by Crippen LogP contribution is 2.29. The van der Waals surface area contributed by atoms with E-state index in [4.69, 9.17) is 0 Å². The maximum absolute atomic E-state index is 12.5. The van der Waals surface area contributed by atoms with Gasteiger partial charge in [0.25, 0.3) is 0 Å². The summed E-state index contributed by atoms with van der Waals surface area (Å²) in [6.07, 6.45) is 7.72. The third-order valence-electron chi connectivity index (χ3n) is 5.42. The van der Waals surface area contributed by atoms with Crippen LogP contribution in [-0.4, -0.2) is 51.0 Å². The summed E-state index contributed by atoms with van der Waals surface area (Å²) in [5.74, 6) is 1.12. The molecule has 1 heterocycles. The first-order valence-corrected chi connectivity index (χ1v) is 11.4. The summed E-state index contributed by atoms with van der Waals surface area (Å²) in [7, 11) is 4.11. The second-order valence-corrected chi connectivity index (χ2v) is 8.77. The molecule has 1 atom stereocenters. The first-order valence-electron chi connectivity index (χ1n) is 10.4. The van der Waals surface area contributed by atoms with Crippen molar-refractivity contribution >= 4 is 17.7 Å². The standard InChI is InChI=1S/C20H34N6OS/c1-5-7-13-26-18(16(6-2)25(3)4)23-24-19(26)28-14-17(27)22-20(15-21)11-9-8-10-12-20/h16H,5-14H2,1-4H3,(H,22,27)/t16-/m1/s1. The third-order valence-corrected chi connectivity index (χ3v) is 6.39. The van der Waals surface area contributed by atoms with E-state index in [1.165, 1.54) is 11.8 Å². The molecule has 1 fully saturated rings. The highest BCUT2D eigenvalue weighted by Gasteiger charge is 2.33. The lowest BCUT2D eigenvalue weighted by atomic mass is 9.83. The van der Waals surface area contributed by atoms with E-state index in [0.29, 0.717) is 0 Å². The van der Waals surface area contributed by atoms with Gasteiger partial charge in [-0.05, 0) is 39.8 Å². The normalized spacial score (nSPS) is 17.3. The number of unbranched alkanes of at least 4 members (excludes halogenated alkanes) is 1. The van der Waals surface area contributed by atoms with Gasteiger partial charge in [-0.3, -0.25) is 9.69 Å². The molecule has 1 amide bonds. The fraction of sp³-hybridized carbons (Fsp3) is 0.800. The second kappa shape index (κ2) is 10.8. The minimum atomic E-state index is -0.685. The third kappa shape index (κ3) is 5.71. The highest BCUT2D eigenvalue weighted by atomic mass is 32.2. The van der Waals surface area contributed by atoms with E-state index in [-0.39, 0.29) is 17.7 Å². The molecule has 28 heavy (non-hydrogen) atoms. The van der Waals surface area contributed by atoms with Crippen molar-refractivity contribution < 1.29 is 4.79 Å². The van der Waals surface area contributed by atoms with Crippen LogP contribution in [0.1, 0.15) is 77.1 Å². The molecule has 8 heteroatoms. The Bertz CT molecular complexity index is 675. The van der Waals surface area contributed by atoms with Crippen LogP contribution in [0.5, 0.6) is 0 Å². The molecule has 1 N–H and O–H groups in total. The zero-order valence-corrected chi connectivity index (χ0v) is 18.5. The zero-order valence-electron chi connectivity index (χ0n) is 17.7. The van der Waals surface area contributed by atoms with Crippen LogP contribution >= 0.6 is 11.8 Å². The van der Waals surface area contributed by atoms with Crippen LogP contribution in [0.25, 0.3) is 0 Å². The van der Waals surface area contributed by atoms with Gasteiger partial charge in [0.1, 0.15) is 5.54 Å². The monoisotopic (exact) mass is 406 g/mol. The Labute approximate surface area is 173 Å². The Morgan fingerprint density at radius 3 is 2.61 bits per heavy atom. The summed E-state index contributed by atoms with van der Waals surface area (Å²) in [6.45, 7) is 5.17. The van der Waals surface area contributed by atoms with Crippen molar-refractivity contribution in [3.05, 3.63) is 5.82 Å². The SMILES string of the molecule is CCCCn1c(SCC(=O)NC2(C#N)CCCCC2)nnc1[C@@H](CC)N(C)C. The van der Waals surface area contributed by atoms with Gasteiger partial charge < -0.3 is 9.88 Å². The summed E-state index contributed by atoms with van der Waals surface area (Å²) in [6, 6.07) is 2.55. The van der Waals surface area contributed by atoms with E-state index in [9.17, 15) is 10.1 Å². The Morgan fingerprint density at radius 1 is 1.32 bits per heavy atom. The Morgan fingerprint density at radius 2 is 2.04 bits per heavy atom. The van der Waals surface area contributed by atoms with Gasteiger partial charge in [0, 0.05) is 6.54 Å². The predicted octanol–water partition coefficient (Wildman–Crippen LogP) is 3.53. The molecule has 1 aliphatic rings. The topological polar surface area (TPSA) is 86.8 Å². The summed E-state index contributed by atoms with van der Waals surface area (Å²) in [5, 5.41) is 22.2. The Kier molecular flexibility index (Phi) is 8.77. The maximum atomic E-state index is 12.5. The average Bonchev–Trinajstić information content (AvgIpc) is 3.08. The number of nitriles is 1. The predicted molar refractivity (Wildman–Crippen MR) is 112 cm³/mol. The lowest BCUT2D eigenvalue weighted by molar-refractivity contribution is -0.120. The minimum Gasteiger partial charge on any atom is -0.337 e. The minimum absolute atomic E-state index is 0.0975. The van der Waals surface area contributed by atoms with Crippen molar-refractivity contribution in [2.75, 3.05) is 19.8 Å². The van der Waals surface area contributed by atoms with E-state index >= 15 is 0 Å². The average molecular weight is 407 g/mol. The van der Waals surface area contributed by atoms with Crippen LogP contribution in [0, 0.1) is 11.3 Å². The summed E-state index contributed by atoms with van der Waals surface area (Å²) < 4.78 is 2.16. The van der Waals surface area contributed by atoms with Crippen molar-refractivity contribution in [1.82, 2.24) is 25.0 Å². The van der Waals surface area contributed by atoms with Gasteiger partial charge in [-0.15, -0.1) is 10.2 Å². The number of hydrogen-bond donors (Lipinski definition) is 1. The van der Waals surface area contributed by atoms with Crippen molar-refractivity contribution in [3.63, 3.8) is 0 Å². The number of rotatable bonds is 10. The molecule has 1 aromatic rings. The van der Waals surface area contributed by atoms with E-state index < -0.39 is 5.54 Å². The Hall–Kier alpha value is -1.59. The first-order chi connectivity index (χ1) is 13.5. The van der Waals surface area contributed by atoms with Crippen molar-refractivity contribution in [3.8, 4) is 6.07 Å². The number of nitrogens with one attached hydrogen (secondary N) is 1. The smallest absolute Gasteiger partial charge is 0.231 e. The van der Waals surface area contributed by atoms with Gasteiger partial charge in [-0.25, -0.2) is 0 Å². The molecule has 7 nitrogen and oxygen atoms in total. The molecule has 1 aliphatic carbocycles. The number of amides is 1. The number of carbonyl (C=O) groups is 1. The number of thioether (sulfide) groups is 1. The molecule has 156 valence electrons. The van der Waals surface area contributed by atoms with Gasteiger partial charge in [0.2, 0.25) is 5.91 Å². The van der Waals surface area contributed by atoms with E-state index in [1.807, 2.05) is 0 Å². The van der Waals surface area contributed by atoms with Crippen LogP contribution in [0.4, 0.5) is 0 Å². The van der Waals surface area contributed by atoms with Crippen LogP contribution in [-0.2, 0) is 11.3 Å². The molecule has 0 radical (unpaired) electrons. The summed E-state index contributed by atoms with van der Waals surface area (Å²) in [4.78, 5) is 14.7. The molecule has 1 saturated carbocycles. The molecule has 0 saturated heterocycles. The number of carbonyl (C=O) groups excluding carboxylic acids is 1. The van der Waals surface area contributed by atoms with Crippen molar-refractivity contribution in [1.29, 1.82) is 5.26 Å². The van der Waals surface area contributed by atoms with Crippen LogP contribution in [0.15, 0.2) is 5.16 Å². The van der Waals surface area contributed by atoms with E-state index in [2.05, 4.69) is 59.0 Å². The molecule has 0 bridgehead atoms. The quantitative estimate of drug-likeness (QED) is 0.598. The molecule has 0 spiro atoms. The number of aromatic nitrogens is 3. The van der Waals surface area contributed by atoms with Crippen LogP contribution < -0.4 is 5.32 Å². The molecule has 1 aromatic heterocycles. The molecule has 0 unspecified atom stereocenters. The van der Waals surface area contributed by atoms with Gasteiger partial charge in [-0.2, -0.15) is 5.26 Å².